The fourth-order valence-corrected chi connectivity index (χ4v) is 2.20. The first-order valence-electron chi connectivity index (χ1n) is 7.60. The molecule has 0 aliphatic heterocycles. The summed E-state index contributed by atoms with van der Waals surface area (Å²) >= 11 is 0. The van der Waals surface area contributed by atoms with Gasteiger partial charge < -0.3 is 19.6 Å². The number of fused-ring (bicyclic) bond motifs is 1. The molecule has 22 heavy (non-hydrogen) atoms. The third-order valence-corrected chi connectivity index (χ3v) is 3.51. The maximum Gasteiger partial charge on any atom is 0.287 e. The van der Waals surface area contributed by atoms with Crippen LogP contribution in [0.1, 0.15) is 43.3 Å². The second kappa shape index (κ2) is 7.42. The van der Waals surface area contributed by atoms with E-state index in [1.165, 1.54) is 0 Å². The van der Waals surface area contributed by atoms with Crippen LogP contribution >= 0.6 is 0 Å². The van der Waals surface area contributed by atoms with Crippen molar-refractivity contribution in [3.63, 3.8) is 0 Å². The van der Waals surface area contributed by atoms with E-state index in [4.69, 9.17) is 9.15 Å². The van der Waals surface area contributed by atoms with E-state index in [9.17, 15) is 9.90 Å². The van der Waals surface area contributed by atoms with Crippen LogP contribution in [0.25, 0.3) is 11.0 Å². The Labute approximate surface area is 130 Å². The molecule has 1 aromatic carbocycles. The second-order valence-corrected chi connectivity index (χ2v) is 5.53. The molecule has 1 unspecified atom stereocenters. The second-order valence-electron chi connectivity index (χ2n) is 5.53. The molecule has 0 aliphatic carbocycles. The number of furan rings is 1. The van der Waals surface area contributed by atoms with Gasteiger partial charge in [-0.3, -0.25) is 4.79 Å². The number of amides is 1. The van der Waals surface area contributed by atoms with E-state index in [-0.39, 0.29) is 30.4 Å². The number of rotatable bonds is 7. The summed E-state index contributed by atoms with van der Waals surface area (Å²) in [5.74, 6) is -0.0618. The van der Waals surface area contributed by atoms with Gasteiger partial charge in [-0.05, 0) is 26.3 Å². The van der Waals surface area contributed by atoms with Crippen LogP contribution in [0, 0.1) is 0 Å². The molecule has 1 atom stereocenters. The average Bonchev–Trinajstić information content (AvgIpc) is 2.89. The zero-order valence-electron chi connectivity index (χ0n) is 13.3. The van der Waals surface area contributed by atoms with Crippen molar-refractivity contribution in [1.29, 1.82) is 0 Å². The van der Waals surface area contributed by atoms with Crippen molar-refractivity contribution in [2.24, 2.45) is 0 Å². The molecule has 2 aromatic rings. The SMILES string of the molecule is CCC(CO)NC(=O)c1oc2ccccc2c1COC(C)C. The minimum absolute atomic E-state index is 0.0606. The molecular weight excluding hydrogens is 282 g/mol. The van der Waals surface area contributed by atoms with E-state index < -0.39 is 0 Å². The number of hydrogen-bond acceptors (Lipinski definition) is 4. The number of hydrogen-bond donors (Lipinski definition) is 2. The van der Waals surface area contributed by atoms with Crippen molar-refractivity contribution in [2.45, 2.75) is 45.9 Å². The van der Waals surface area contributed by atoms with E-state index in [0.29, 0.717) is 18.6 Å². The average molecular weight is 305 g/mol. The van der Waals surface area contributed by atoms with Gasteiger partial charge >= 0.3 is 0 Å². The summed E-state index contributed by atoms with van der Waals surface area (Å²) < 4.78 is 11.4. The number of para-hydroxylation sites is 1. The third-order valence-electron chi connectivity index (χ3n) is 3.51. The predicted octanol–water partition coefficient (Wildman–Crippen LogP) is 2.86. The van der Waals surface area contributed by atoms with E-state index in [1.807, 2.05) is 45.0 Å². The molecule has 5 heteroatoms. The molecule has 0 saturated carbocycles. The van der Waals surface area contributed by atoms with Gasteiger partial charge in [-0.15, -0.1) is 0 Å². The maximum absolute atomic E-state index is 12.4. The van der Waals surface area contributed by atoms with Gasteiger partial charge in [0.2, 0.25) is 0 Å². The Balaban J connectivity index is 2.34. The lowest BCUT2D eigenvalue weighted by molar-refractivity contribution is 0.0641. The number of ether oxygens (including phenoxy) is 1. The standard InChI is InChI=1S/C17H23NO4/c1-4-12(9-19)18-17(20)16-14(10-21-11(2)3)13-7-5-6-8-15(13)22-16/h5-8,11-12,19H,4,9-10H2,1-3H3,(H,18,20). The molecular formula is C17H23NO4. The number of aliphatic hydroxyl groups is 1. The first-order valence-corrected chi connectivity index (χ1v) is 7.60. The predicted molar refractivity (Wildman–Crippen MR) is 84.8 cm³/mol. The molecule has 0 saturated heterocycles. The van der Waals surface area contributed by atoms with Crippen LogP contribution in [0.2, 0.25) is 0 Å². The van der Waals surface area contributed by atoms with Crippen LogP contribution in [0.3, 0.4) is 0 Å². The summed E-state index contributed by atoms with van der Waals surface area (Å²) in [7, 11) is 0. The molecule has 0 bridgehead atoms. The Bertz CT molecular complexity index is 629. The lowest BCUT2D eigenvalue weighted by atomic mass is 10.1. The summed E-state index contributed by atoms with van der Waals surface area (Å²) in [4.78, 5) is 12.4. The fraction of sp³-hybridized carbons (Fsp3) is 0.471. The Morgan fingerprint density at radius 2 is 2.09 bits per heavy atom. The van der Waals surface area contributed by atoms with E-state index in [1.54, 1.807) is 0 Å². The Hall–Kier alpha value is -1.85. The van der Waals surface area contributed by atoms with Gasteiger partial charge in [0.05, 0.1) is 25.4 Å². The van der Waals surface area contributed by atoms with Gasteiger partial charge in [0.1, 0.15) is 5.58 Å². The highest BCUT2D eigenvalue weighted by molar-refractivity contribution is 5.99. The molecule has 2 N–H and O–H groups in total. The number of carbonyl (C=O) groups is 1. The summed E-state index contributed by atoms with van der Waals surface area (Å²) in [5, 5.41) is 12.9. The fourth-order valence-electron chi connectivity index (χ4n) is 2.20. The molecule has 0 radical (unpaired) electrons. The molecule has 2 rings (SSSR count). The molecule has 0 fully saturated rings. The van der Waals surface area contributed by atoms with Crippen molar-refractivity contribution in [2.75, 3.05) is 6.61 Å². The lowest BCUT2D eigenvalue weighted by Crippen LogP contribution is -2.37. The zero-order valence-corrected chi connectivity index (χ0v) is 13.3. The molecule has 1 amide bonds. The first kappa shape index (κ1) is 16.5. The monoisotopic (exact) mass is 305 g/mol. The highest BCUT2D eigenvalue weighted by Gasteiger charge is 2.22. The summed E-state index contributed by atoms with van der Waals surface area (Å²) in [5.41, 5.74) is 1.40. The Morgan fingerprint density at radius 3 is 2.73 bits per heavy atom. The smallest absolute Gasteiger partial charge is 0.287 e. The zero-order chi connectivity index (χ0) is 16.1. The minimum Gasteiger partial charge on any atom is -0.451 e. The van der Waals surface area contributed by atoms with Gasteiger partial charge in [0, 0.05) is 10.9 Å². The lowest BCUT2D eigenvalue weighted by Gasteiger charge is -2.14. The number of benzene rings is 1. The van der Waals surface area contributed by atoms with E-state index in [0.717, 1.165) is 10.9 Å². The summed E-state index contributed by atoms with van der Waals surface area (Å²) in [6, 6.07) is 7.23. The quantitative estimate of drug-likeness (QED) is 0.825. The van der Waals surface area contributed by atoms with Gasteiger partial charge in [0.25, 0.3) is 5.91 Å². The Morgan fingerprint density at radius 1 is 1.36 bits per heavy atom. The van der Waals surface area contributed by atoms with E-state index >= 15 is 0 Å². The largest absolute Gasteiger partial charge is 0.451 e. The highest BCUT2D eigenvalue weighted by Crippen LogP contribution is 2.27. The van der Waals surface area contributed by atoms with Crippen molar-refractivity contribution >= 4 is 16.9 Å². The van der Waals surface area contributed by atoms with Crippen molar-refractivity contribution < 1.29 is 19.1 Å². The normalized spacial score (nSPS) is 12.8. The van der Waals surface area contributed by atoms with Crippen LogP contribution in [-0.4, -0.2) is 29.8 Å². The number of aliphatic hydroxyl groups excluding tert-OH is 1. The molecule has 5 nitrogen and oxygen atoms in total. The molecule has 0 aliphatic rings. The number of nitrogens with one attached hydrogen (secondary N) is 1. The summed E-state index contributed by atoms with van der Waals surface area (Å²) in [6.45, 7) is 6.01. The van der Waals surface area contributed by atoms with Gasteiger partial charge in [-0.1, -0.05) is 25.1 Å². The topological polar surface area (TPSA) is 71.7 Å². The van der Waals surface area contributed by atoms with Crippen molar-refractivity contribution in [3.05, 3.63) is 35.6 Å². The van der Waals surface area contributed by atoms with Crippen LogP contribution in [0.4, 0.5) is 0 Å². The van der Waals surface area contributed by atoms with Crippen molar-refractivity contribution in [1.82, 2.24) is 5.32 Å². The molecule has 120 valence electrons. The van der Waals surface area contributed by atoms with Gasteiger partial charge in [0.15, 0.2) is 5.76 Å². The molecule has 1 aromatic heterocycles. The van der Waals surface area contributed by atoms with Gasteiger partial charge in [-0.2, -0.15) is 0 Å². The molecule has 1 heterocycles. The summed E-state index contributed by atoms with van der Waals surface area (Å²) in [6.07, 6.45) is 0.714. The Kier molecular flexibility index (Phi) is 5.57. The van der Waals surface area contributed by atoms with Crippen LogP contribution in [0.15, 0.2) is 28.7 Å². The van der Waals surface area contributed by atoms with Crippen molar-refractivity contribution in [3.8, 4) is 0 Å². The highest BCUT2D eigenvalue weighted by atomic mass is 16.5. The van der Waals surface area contributed by atoms with E-state index in [2.05, 4.69) is 5.32 Å². The minimum atomic E-state index is -0.320. The van der Waals surface area contributed by atoms with Gasteiger partial charge in [-0.25, -0.2) is 0 Å². The molecule has 0 spiro atoms. The first-order chi connectivity index (χ1) is 10.6. The number of carbonyl (C=O) groups excluding carboxylic acids is 1. The van der Waals surface area contributed by atoms with Crippen LogP contribution in [-0.2, 0) is 11.3 Å². The van der Waals surface area contributed by atoms with Crippen LogP contribution < -0.4 is 5.32 Å². The van der Waals surface area contributed by atoms with Crippen LogP contribution in [0.5, 0.6) is 0 Å². The maximum atomic E-state index is 12.4. The third kappa shape index (κ3) is 3.67.